The summed E-state index contributed by atoms with van der Waals surface area (Å²) in [6.45, 7) is 3.49. The highest BCUT2D eigenvalue weighted by molar-refractivity contribution is 6.30. The molecule has 1 saturated heterocycles. The highest BCUT2D eigenvalue weighted by Gasteiger charge is 2.14. The second-order valence-electron chi connectivity index (χ2n) is 6.33. The van der Waals surface area contributed by atoms with Gasteiger partial charge >= 0.3 is 5.97 Å². The second kappa shape index (κ2) is 9.64. The van der Waals surface area contributed by atoms with Gasteiger partial charge in [0.2, 0.25) is 0 Å². The monoisotopic (exact) mass is 406 g/mol. The molecule has 3 rings (SSSR count). The minimum absolute atomic E-state index is 0.0297. The van der Waals surface area contributed by atoms with E-state index in [9.17, 15) is 14.0 Å². The van der Waals surface area contributed by atoms with Crippen LogP contribution in [0.5, 0.6) is 0 Å². The minimum atomic E-state index is -0.664. The molecule has 1 aliphatic rings. The lowest BCUT2D eigenvalue weighted by Gasteiger charge is -2.26. The van der Waals surface area contributed by atoms with Gasteiger partial charge in [-0.3, -0.25) is 9.69 Å². The third-order valence-corrected chi connectivity index (χ3v) is 4.47. The number of amides is 1. The number of ether oxygens (including phenoxy) is 2. The third kappa shape index (κ3) is 5.76. The van der Waals surface area contributed by atoms with Gasteiger partial charge in [-0.05, 0) is 35.9 Å². The quantitative estimate of drug-likeness (QED) is 0.746. The molecule has 148 valence electrons. The normalized spacial score (nSPS) is 14.5. The Morgan fingerprint density at radius 2 is 1.86 bits per heavy atom. The van der Waals surface area contributed by atoms with Gasteiger partial charge < -0.3 is 14.8 Å². The summed E-state index contributed by atoms with van der Waals surface area (Å²) in [5, 5.41) is 2.55. The number of hydrogen-bond donors (Lipinski definition) is 1. The Morgan fingerprint density at radius 1 is 1.14 bits per heavy atom. The molecule has 1 heterocycles. The number of hydrogen-bond acceptors (Lipinski definition) is 5. The highest BCUT2D eigenvalue weighted by Crippen LogP contribution is 2.18. The van der Waals surface area contributed by atoms with Crippen molar-refractivity contribution in [3.8, 4) is 0 Å². The topological polar surface area (TPSA) is 67.9 Å². The Bertz CT molecular complexity index is 839. The van der Waals surface area contributed by atoms with Gasteiger partial charge in [0.05, 0.1) is 24.5 Å². The Hall–Kier alpha value is -2.48. The van der Waals surface area contributed by atoms with Crippen molar-refractivity contribution in [3.63, 3.8) is 0 Å². The van der Waals surface area contributed by atoms with Crippen molar-refractivity contribution < 1.29 is 23.5 Å². The van der Waals surface area contributed by atoms with Gasteiger partial charge in [0, 0.05) is 24.7 Å². The van der Waals surface area contributed by atoms with Crippen molar-refractivity contribution >= 4 is 29.2 Å². The van der Waals surface area contributed by atoms with Gasteiger partial charge in [0.15, 0.2) is 6.61 Å². The zero-order valence-corrected chi connectivity index (χ0v) is 15.9. The fourth-order valence-corrected chi connectivity index (χ4v) is 2.91. The Kier molecular flexibility index (Phi) is 6.97. The summed E-state index contributed by atoms with van der Waals surface area (Å²) in [6.07, 6.45) is 0. The van der Waals surface area contributed by atoms with Gasteiger partial charge in [-0.15, -0.1) is 0 Å². The molecular formula is C20H20ClFN2O4. The minimum Gasteiger partial charge on any atom is -0.452 e. The molecule has 2 aromatic rings. The summed E-state index contributed by atoms with van der Waals surface area (Å²) in [5.41, 5.74) is 1.39. The van der Waals surface area contributed by atoms with Gasteiger partial charge in [0.25, 0.3) is 5.91 Å². The van der Waals surface area contributed by atoms with E-state index < -0.39 is 24.3 Å². The lowest BCUT2D eigenvalue weighted by molar-refractivity contribution is -0.119. The molecule has 1 amide bonds. The number of anilines is 1. The smallest absolute Gasteiger partial charge is 0.338 e. The van der Waals surface area contributed by atoms with E-state index in [1.165, 1.54) is 12.1 Å². The molecule has 0 spiro atoms. The lowest BCUT2D eigenvalue weighted by atomic mass is 10.1. The van der Waals surface area contributed by atoms with Crippen LogP contribution >= 0.6 is 11.6 Å². The average Bonchev–Trinajstić information content (AvgIpc) is 2.70. The van der Waals surface area contributed by atoms with Gasteiger partial charge in [-0.2, -0.15) is 0 Å². The van der Waals surface area contributed by atoms with Gasteiger partial charge in [-0.1, -0.05) is 23.7 Å². The predicted octanol–water partition coefficient (Wildman–Crippen LogP) is 3.11. The number of halogens is 2. The van der Waals surface area contributed by atoms with Crippen LogP contribution in [0.1, 0.15) is 15.9 Å². The molecular weight excluding hydrogens is 387 g/mol. The number of carbonyl (C=O) groups excluding carboxylic acids is 2. The summed E-state index contributed by atoms with van der Waals surface area (Å²) < 4.78 is 24.0. The molecule has 0 unspecified atom stereocenters. The summed E-state index contributed by atoms with van der Waals surface area (Å²) >= 11 is 5.66. The van der Waals surface area contributed by atoms with Crippen LogP contribution < -0.4 is 5.32 Å². The molecule has 0 radical (unpaired) electrons. The van der Waals surface area contributed by atoms with E-state index in [1.807, 2.05) is 12.1 Å². The molecule has 1 fully saturated rings. The molecule has 0 bridgehead atoms. The van der Waals surface area contributed by atoms with Crippen molar-refractivity contribution in [2.75, 3.05) is 38.2 Å². The molecule has 6 nitrogen and oxygen atoms in total. The summed E-state index contributed by atoms with van der Waals surface area (Å²) in [7, 11) is 0. The zero-order chi connectivity index (χ0) is 19.9. The number of nitrogens with one attached hydrogen (secondary N) is 1. The average molecular weight is 407 g/mol. The first-order chi connectivity index (χ1) is 13.5. The maximum absolute atomic E-state index is 13.7. The number of benzene rings is 2. The maximum Gasteiger partial charge on any atom is 0.338 e. The number of esters is 1. The highest BCUT2D eigenvalue weighted by atomic mass is 35.5. The van der Waals surface area contributed by atoms with Crippen molar-refractivity contribution in [1.29, 1.82) is 0 Å². The van der Waals surface area contributed by atoms with Gasteiger partial charge in [0.1, 0.15) is 5.82 Å². The largest absolute Gasteiger partial charge is 0.452 e. The predicted molar refractivity (Wildman–Crippen MR) is 103 cm³/mol. The van der Waals surface area contributed by atoms with Crippen molar-refractivity contribution in [2.45, 2.75) is 6.54 Å². The summed E-state index contributed by atoms with van der Waals surface area (Å²) in [4.78, 5) is 26.2. The SMILES string of the molecule is O=C(COC(=O)c1ccc(CN2CCOCC2)cc1)Nc1ccc(Cl)cc1F. The first kappa shape index (κ1) is 20.3. The van der Waals surface area contributed by atoms with E-state index in [2.05, 4.69) is 10.2 Å². The molecule has 1 N–H and O–H groups in total. The van der Waals surface area contributed by atoms with Crippen LogP contribution in [0.4, 0.5) is 10.1 Å². The molecule has 28 heavy (non-hydrogen) atoms. The lowest BCUT2D eigenvalue weighted by Crippen LogP contribution is -2.35. The summed E-state index contributed by atoms with van der Waals surface area (Å²) in [6, 6.07) is 10.9. The van der Waals surface area contributed by atoms with E-state index in [-0.39, 0.29) is 10.7 Å². The van der Waals surface area contributed by atoms with Crippen LogP contribution in [0, 0.1) is 5.82 Å². The van der Waals surface area contributed by atoms with Crippen LogP contribution in [0.2, 0.25) is 5.02 Å². The number of carbonyl (C=O) groups is 2. The molecule has 1 aliphatic heterocycles. The van der Waals surface area contributed by atoms with E-state index >= 15 is 0 Å². The second-order valence-corrected chi connectivity index (χ2v) is 6.77. The van der Waals surface area contributed by atoms with E-state index in [0.717, 1.165) is 44.5 Å². The fraction of sp³-hybridized carbons (Fsp3) is 0.300. The van der Waals surface area contributed by atoms with Crippen molar-refractivity contribution in [2.24, 2.45) is 0 Å². The van der Waals surface area contributed by atoms with Crippen LogP contribution in [-0.2, 0) is 20.8 Å². The zero-order valence-electron chi connectivity index (χ0n) is 15.1. The molecule has 0 aliphatic carbocycles. The fourth-order valence-electron chi connectivity index (χ4n) is 2.76. The standard InChI is InChI=1S/C20H20ClFN2O4/c21-16-5-6-18(17(22)11-16)23-19(25)13-28-20(26)15-3-1-14(2-4-15)12-24-7-9-27-10-8-24/h1-6,11H,7-10,12-13H2,(H,23,25). The van der Waals surface area contributed by atoms with Crippen LogP contribution in [0.25, 0.3) is 0 Å². The number of morpholine rings is 1. The number of rotatable bonds is 6. The molecule has 2 aromatic carbocycles. The maximum atomic E-state index is 13.7. The number of nitrogens with zero attached hydrogens (tertiary/aromatic N) is 1. The molecule has 8 heteroatoms. The molecule has 0 atom stereocenters. The Labute approximate surface area is 167 Å². The van der Waals surface area contributed by atoms with E-state index in [0.29, 0.717) is 5.56 Å². The Balaban J connectivity index is 1.48. The van der Waals surface area contributed by atoms with Crippen molar-refractivity contribution in [3.05, 3.63) is 64.4 Å². The van der Waals surface area contributed by atoms with E-state index in [4.69, 9.17) is 21.1 Å². The van der Waals surface area contributed by atoms with Crippen LogP contribution in [-0.4, -0.2) is 49.7 Å². The third-order valence-electron chi connectivity index (χ3n) is 4.24. The Morgan fingerprint density at radius 3 is 2.54 bits per heavy atom. The first-order valence-electron chi connectivity index (χ1n) is 8.82. The summed E-state index contributed by atoms with van der Waals surface area (Å²) in [5.74, 6) is -1.92. The van der Waals surface area contributed by atoms with Crippen molar-refractivity contribution in [1.82, 2.24) is 4.90 Å². The first-order valence-corrected chi connectivity index (χ1v) is 9.20. The van der Waals surface area contributed by atoms with Crippen LogP contribution in [0.15, 0.2) is 42.5 Å². The molecule has 0 aromatic heterocycles. The van der Waals surface area contributed by atoms with Crippen LogP contribution in [0.3, 0.4) is 0 Å². The molecule has 0 saturated carbocycles. The van der Waals surface area contributed by atoms with E-state index in [1.54, 1.807) is 12.1 Å². The van der Waals surface area contributed by atoms with Gasteiger partial charge in [-0.25, -0.2) is 9.18 Å².